The zero-order valence-electron chi connectivity index (χ0n) is 11.1. The Labute approximate surface area is 113 Å². The molecule has 100 valence electrons. The van der Waals surface area contributed by atoms with Crippen molar-refractivity contribution in [2.75, 3.05) is 19.8 Å². The number of ether oxygens (including phenoxy) is 1. The molecule has 0 saturated carbocycles. The van der Waals surface area contributed by atoms with Gasteiger partial charge in [0, 0.05) is 28.6 Å². The third kappa shape index (κ3) is 1.80. The van der Waals surface area contributed by atoms with Gasteiger partial charge >= 0.3 is 0 Å². The monoisotopic (exact) mass is 256 g/mol. The van der Waals surface area contributed by atoms with Crippen molar-refractivity contribution in [3.63, 3.8) is 0 Å². The lowest BCUT2D eigenvalue weighted by molar-refractivity contribution is -0.0671. The maximum Gasteiger partial charge on any atom is 0.0587 e. The summed E-state index contributed by atoms with van der Waals surface area (Å²) in [5, 5.41) is 4.99. The van der Waals surface area contributed by atoms with Crippen LogP contribution in [0.5, 0.6) is 0 Å². The summed E-state index contributed by atoms with van der Waals surface area (Å²) in [5.74, 6) is 0. The minimum absolute atomic E-state index is 0.224. The third-order valence-corrected chi connectivity index (χ3v) is 4.72. The number of fused-ring (bicyclic) bond motifs is 1. The number of rotatable bonds is 3. The molecule has 1 aromatic carbocycles. The van der Waals surface area contributed by atoms with Gasteiger partial charge < -0.3 is 15.0 Å². The van der Waals surface area contributed by atoms with Gasteiger partial charge in [0.2, 0.25) is 0 Å². The number of para-hydroxylation sites is 1. The Kier molecular flexibility index (Phi) is 2.64. The van der Waals surface area contributed by atoms with Crippen LogP contribution in [0, 0.1) is 0 Å². The van der Waals surface area contributed by atoms with Crippen LogP contribution in [0.25, 0.3) is 10.9 Å². The molecule has 0 amide bonds. The molecule has 1 atom stereocenters. The van der Waals surface area contributed by atoms with E-state index in [4.69, 9.17) is 4.74 Å². The molecular formula is C16H20N2O. The summed E-state index contributed by atoms with van der Waals surface area (Å²) in [6.07, 6.45) is 6.02. The second kappa shape index (κ2) is 4.36. The highest BCUT2D eigenvalue weighted by atomic mass is 16.5. The fraction of sp³-hybridized carbons (Fsp3) is 0.500. The number of aromatic nitrogens is 1. The van der Waals surface area contributed by atoms with E-state index in [2.05, 4.69) is 40.8 Å². The van der Waals surface area contributed by atoms with Gasteiger partial charge in [0.1, 0.15) is 0 Å². The first kappa shape index (κ1) is 11.5. The maximum absolute atomic E-state index is 5.58. The first-order valence-corrected chi connectivity index (χ1v) is 7.25. The molecule has 3 heteroatoms. The molecule has 2 N–H and O–H groups in total. The van der Waals surface area contributed by atoms with Gasteiger partial charge in [-0.2, -0.15) is 0 Å². The highest BCUT2D eigenvalue weighted by Crippen LogP contribution is 2.41. The Morgan fingerprint density at radius 3 is 2.89 bits per heavy atom. The van der Waals surface area contributed by atoms with Crippen LogP contribution < -0.4 is 5.32 Å². The molecule has 1 unspecified atom stereocenters. The molecule has 4 rings (SSSR count). The van der Waals surface area contributed by atoms with Gasteiger partial charge in [-0.15, -0.1) is 0 Å². The van der Waals surface area contributed by atoms with Crippen molar-refractivity contribution in [1.82, 2.24) is 10.3 Å². The number of hydrogen-bond acceptors (Lipinski definition) is 2. The van der Waals surface area contributed by atoms with Crippen LogP contribution >= 0.6 is 0 Å². The summed E-state index contributed by atoms with van der Waals surface area (Å²) >= 11 is 0. The molecule has 2 fully saturated rings. The van der Waals surface area contributed by atoms with E-state index in [1.807, 2.05) is 0 Å². The van der Waals surface area contributed by atoms with E-state index >= 15 is 0 Å². The smallest absolute Gasteiger partial charge is 0.0587 e. The first-order valence-electron chi connectivity index (χ1n) is 7.25. The van der Waals surface area contributed by atoms with Crippen molar-refractivity contribution < 1.29 is 4.74 Å². The molecule has 2 aliphatic heterocycles. The molecular weight excluding hydrogens is 236 g/mol. The van der Waals surface area contributed by atoms with E-state index in [0.29, 0.717) is 6.04 Å². The number of nitrogens with one attached hydrogen (secondary N) is 2. The molecule has 2 saturated heterocycles. The fourth-order valence-corrected chi connectivity index (χ4v) is 3.64. The summed E-state index contributed by atoms with van der Waals surface area (Å²) in [7, 11) is 0. The van der Waals surface area contributed by atoms with Gasteiger partial charge in [-0.25, -0.2) is 0 Å². The van der Waals surface area contributed by atoms with Crippen LogP contribution in [0.4, 0.5) is 0 Å². The zero-order valence-corrected chi connectivity index (χ0v) is 11.1. The number of aromatic amines is 1. The molecule has 0 aliphatic carbocycles. The molecule has 19 heavy (non-hydrogen) atoms. The van der Waals surface area contributed by atoms with Gasteiger partial charge in [0.15, 0.2) is 0 Å². The van der Waals surface area contributed by atoms with Gasteiger partial charge in [0.25, 0.3) is 0 Å². The highest BCUT2D eigenvalue weighted by Gasteiger charge is 2.43. The van der Waals surface area contributed by atoms with Crippen molar-refractivity contribution in [3.8, 4) is 0 Å². The van der Waals surface area contributed by atoms with Crippen molar-refractivity contribution in [2.24, 2.45) is 0 Å². The van der Waals surface area contributed by atoms with Crippen LogP contribution in [0.3, 0.4) is 0 Å². The minimum atomic E-state index is 0.224. The highest BCUT2D eigenvalue weighted by molar-refractivity contribution is 5.84. The molecule has 3 heterocycles. The topological polar surface area (TPSA) is 37.0 Å². The van der Waals surface area contributed by atoms with E-state index in [-0.39, 0.29) is 5.41 Å². The van der Waals surface area contributed by atoms with E-state index < -0.39 is 0 Å². The van der Waals surface area contributed by atoms with Gasteiger partial charge in [-0.1, -0.05) is 18.2 Å². The van der Waals surface area contributed by atoms with Crippen LogP contribution in [0.1, 0.15) is 24.8 Å². The molecule has 2 aromatic rings. The Bertz CT molecular complexity index is 579. The van der Waals surface area contributed by atoms with Crippen LogP contribution in [-0.2, 0) is 10.2 Å². The second-order valence-corrected chi connectivity index (χ2v) is 6.02. The summed E-state index contributed by atoms with van der Waals surface area (Å²) < 4.78 is 5.58. The first-order chi connectivity index (χ1) is 9.37. The van der Waals surface area contributed by atoms with Crippen LogP contribution in [0.15, 0.2) is 30.5 Å². The zero-order chi connectivity index (χ0) is 12.7. The Morgan fingerprint density at radius 2 is 2.16 bits per heavy atom. The van der Waals surface area contributed by atoms with Crippen LogP contribution in [-0.4, -0.2) is 30.8 Å². The largest absolute Gasteiger partial charge is 0.379 e. The lowest BCUT2D eigenvalue weighted by Gasteiger charge is -2.43. The van der Waals surface area contributed by atoms with Gasteiger partial charge in [0.05, 0.1) is 13.2 Å². The number of H-pyrrole nitrogens is 1. The normalized spacial score (nSPS) is 25.6. The Balaban J connectivity index is 1.71. The standard InChI is InChI=1S/C16H20N2O/c1-2-6-15-13(5-1)14(9-18-15)16(10-19-11-16)8-12-4-3-7-17-12/h1-2,5-6,9,12,17-18H,3-4,7-8,10-11H2. The molecule has 3 nitrogen and oxygen atoms in total. The SMILES string of the molecule is c1ccc2c(C3(CC4CCCN4)COC3)c[nH]c2c1. The average molecular weight is 256 g/mol. The van der Waals surface area contributed by atoms with Crippen molar-refractivity contribution in [1.29, 1.82) is 0 Å². The van der Waals surface area contributed by atoms with Crippen molar-refractivity contribution in [2.45, 2.75) is 30.7 Å². The van der Waals surface area contributed by atoms with Gasteiger partial charge in [-0.3, -0.25) is 0 Å². The van der Waals surface area contributed by atoms with Gasteiger partial charge in [-0.05, 0) is 37.4 Å². The molecule has 0 spiro atoms. The number of hydrogen-bond donors (Lipinski definition) is 2. The third-order valence-electron chi connectivity index (χ3n) is 4.72. The average Bonchev–Trinajstić information content (AvgIpc) is 3.03. The Hall–Kier alpha value is -1.32. The Morgan fingerprint density at radius 1 is 1.26 bits per heavy atom. The van der Waals surface area contributed by atoms with E-state index in [9.17, 15) is 0 Å². The van der Waals surface area contributed by atoms with E-state index in [1.54, 1.807) is 0 Å². The predicted octanol–water partition coefficient (Wildman–Crippen LogP) is 2.58. The fourth-order valence-electron chi connectivity index (χ4n) is 3.64. The lowest BCUT2D eigenvalue weighted by atomic mass is 9.73. The molecule has 0 bridgehead atoms. The lowest BCUT2D eigenvalue weighted by Crippen LogP contribution is -2.50. The summed E-state index contributed by atoms with van der Waals surface area (Å²) in [4.78, 5) is 3.41. The summed E-state index contributed by atoms with van der Waals surface area (Å²) in [6.45, 7) is 2.91. The minimum Gasteiger partial charge on any atom is -0.379 e. The van der Waals surface area contributed by atoms with E-state index in [0.717, 1.165) is 13.2 Å². The number of benzene rings is 1. The predicted molar refractivity (Wildman–Crippen MR) is 76.4 cm³/mol. The second-order valence-electron chi connectivity index (χ2n) is 6.02. The van der Waals surface area contributed by atoms with E-state index in [1.165, 1.54) is 42.3 Å². The van der Waals surface area contributed by atoms with Crippen molar-refractivity contribution in [3.05, 3.63) is 36.0 Å². The van der Waals surface area contributed by atoms with Crippen molar-refractivity contribution >= 4 is 10.9 Å². The maximum atomic E-state index is 5.58. The quantitative estimate of drug-likeness (QED) is 0.885. The summed E-state index contributed by atoms with van der Waals surface area (Å²) in [6, 6.07) is 9.26. The summed E-state index contributed by atoms with van der Waals surface area (Å²) in [5.41, 5.74) is 2.91. The molecule has 0 radical (unpaired) electrons. The molecule has 1 aromatic heterocycles. The van der Waals surface area contributed by atoms with Crippen LogP contribution in [0.2, 0.25) is 0 Å². The molecule has 2 aliphatic rings.